The number of carbonyl (C=O) groups excluding carboxylic acids is 1. The van der Waals surface area contributed by atoms with Crippen molar-refractivity contribution in [1.82, 2.24) is 20.3 Å². The number of methoxy groups -OCH3 is 1. The van der Waals surface area contributed by atoms with E-state index in [1.165, 1.54) is 6.42 Å². The molecule has 4 aromatic rings. The molecule has 3 N–H and O–H groups in total. The number of amides is 1. The van der Waals surface area contributed by atoms with Crippen molar-refractivity contribution in [3.63, 3.8) is 0 Å². The van der Waals surface area contributed by atoms with E-state index >= 15 is 0 Å². The maximum atomic E-state index is 14.0. The Morgan fingerprint density at radius 3 is 2.59 bits per heavy atom. The van der Waals surface area contributed by atoms with E-state index in [1.807, 2.05) is 43.5 Å². The van der Waals surface area contributed by atoms with Crippen LogP contribution in [0.25, 0.3) is 10.9 Å². The normalized spacial score (nSPS) is 16.6. The van der Waals surface area contributed by atoms with Gasteiger partial charge in [-0.15, -0.1) is 0 Å². The minimum Gasteiger partial charge on any atom is -0.495 e. The predicted molar refractivity (Wildman–Crippen MR) is 147 cm³/mol. The predicted octanol–water partition coefficient (Wildman–Crippen LogP) is 5.40. The number of aromatic amines is 1. The highest BCUT2D eigenvalue weighted by Crippen LogP contribution is 2.38. The summed E-state index contributed by atoms with van der Waals surface area (Å²) in [4.78, 5) is 26.2. The molecule has 1 aliphatic carbocycles. The van der Waals surface area contributed by atoms with Gasteiger partial charge in [0.2, 0.25) is 5.91 Å². The first-order chi connectivity index (χ1) is 18.0. The molecule has 1 atom stereocenters. The number of fused-ring (bicyclic) bond motifs is 1. The Hall–Kier alpha value is -3.87. The van der Waals surface area contributed by atoms with Crippen LogP contribution in [0.4, 0.5) is 5.69 Å². The summed E-state index contributed by atoms with van der Waals surface area (Å²) in [6.45, 7) is 2.52. The lowest BCUT2D eigenvalue weighted by atomic mass is 9.71. The molecule has 1 aliphatic rings. The average molecular weight is 498 g/mol. The van der Waals surface area contributed by atoms with Gasteiger partial charge in [0.25, 0.3) is 0 Å². The van der Waals surface area contributed by atoms with Gasteiger partial charge in [-0.25, -0.2) is 0 Å². The summed E-state index contributed by atoms with van der Waals surface area (Å²) >= 11 is 0. The molecule has 0 saturated heterocycles. The number of para-hydroxylation sites is 1. The number of anilines is 1. The third kappa shape index (κ3) is 5.31. The SMILES string of the molecule is COc1ccc(C2(CNC(=O)[C@](C)(Cc3c[nH]c4ccccc34)Nc3ccncc3)CCCCC2)nc1. The van der Waals surface area contributed by atoms with Gasteiger partial charge in [-0.3, -0.25) is 14.8 Å². The van der Waals surface area contributed by atoms with Crippen molar-refractivity contribution in [3.8, 4) is 5.75 Å². The number of rotatable bonds is 9. The molecule has 0 aliphatic heterocycles. The van der Waals surface area contributed by atoms with Crippen LogP contribution in [0.2, 0.25) is 0 Å². The summed E-state index contributed by atoms with van der Waals surface area (Å²) < 4.78 is 5.32. The fourth-order valence-electron chi connectivity index (χ4n) is 5.61. The van der Waals surface area contributed by atoms with Gasteiger partial charge in [-0.1, -0.05) is 37.5 Å². The molecular formula is C30H35N5O2. The second kappa shape index (κ2) is 10.6. The molecule has 1 saturated carbocycles. The molecule has 192 valence electrons. The van der Waals surface area contributed by atoms with Crippen LogP contribution in [-0.2, 0) is 16.6 Å². The van der Waals surface area contributed by atoms with Gasteiger partial charge in [0.1, 0.15) is 11.3 Å². The Kier molecular flexibility index (Phi) is 7.12. The lowest BCUT2D eigenvalue weighted by Gasteiger charge is -2.38. The number of H-pyrrole nitrogens is 1. The molecule has 3 aromatic heterocycles. The number of hydrogen-bond donors (Lipinski definition) is 3. The van der Waals surface area contributed by atoms with E-state index in [0.29, 0.717) is 13.0 Å². The summed E-state index contributed by atoms with van der Waals surface area (Å²) in [5.74, 6) is 0.708. The first-order valence-corrected chi connectivity index (χ1v) is 13.0. The number of benzene rings is 1. The van der Waals surface area contributed by atoms with Gasteiger partial charge in [-0.2, -0.15) is 0 Å². The standard InChI is InChI=1S/C30H35N5O2/c1-29(35-23-12-16-31-17-13-23,18-22-19-32-26-9-5-4-8-25(22)26)28(36)34-21-30(14-6-3-7-15-30)27-11-10-24(37-2)20-33-27/h4-5,8-13,16-17,19-20,32H,3,6-7,14-15,18,21H2,1-2H3,(H,31,35)(H,34,36)/t29-/m0/s1. The summed E-state index contributed by atoms with van der Waals surface area (Å²) in [7, 11) is 1.65. The second-order valence-electron chi connectivity index (χ2n) is 10.3. The first-order valence-electron chi connectivity index (χ1n) is 13.0. The van der Waals surface area contributed by atoms with Gasteiger partial charge < -0.3 is 20.4 Å². The minimum absolute atomic E-state index is 0.0342. The molecule has 0 bridgehead atoms. The third-order valence-corrected chi connectivity index (χ3v) is 7.73. The molecule has 1 amide bonds. The number of nitrogens with one attached hydrogen (secondary N) is 3. The molecule has 7 nitrogen and oxygen atoms in total. The van der Waals surface area contributed by atoms with Crippen molar-refractivity contribution in [3.05, 3.63) is 84.6 Å². The maximum Gasteiger partial charge on any atom is 0.245 e. The molecule has 1 aromatic carbocycles. The number of aromatic nitrogens is 3. The molecule has 3 heterocycles. The zero-order valence-corrected chi connectivity index (χ0v) is 21.6. The molecule has 0 spiro atoms. The Labute approximate surface area is 218 Å². The number of carbonyl (C=O) groups is 1. The summed E-state index contributed by atoms with van der Waals surface area (Å²) in [5, 5.41) is 7.99. The maximum absolute atomic E-state index is 14.0. The van der Waals surface area contributed by atoms with E-state index in [-0.39, 0.29) is 11.3 Å². The molecule has 0 unspecified atom stereocenters. The van der Waals surface area contributed by atoms with Crippen LogP contribution in [0, 0.1) is 0 Å². The Balaban J connectivity index is 1.41. The number of nitrogens with zero attached hydrogens (tertiary/aromatic N) is 2. The fraction of sp³-hybridized carbons (Fsp3) is 0.367. The lowest BCUT2D eigenvalue weighted by molar-refractivity contribution is -0.125. The van der Waals surface area contributed by atoms with Crippen LogP contribution in [0.5, 0.6) is 5.75 Å². The molecule has 5 rings (SSSR count). The quantitative estimate of drug-likeness (QED) is 0.288. The number of pyridine rings is 2. The Morgan fingerprint density at radius 1 is 1.08 bits per heavy atom. The van der Waals surface area contributed by atoms with Gasteiger partial charge in [0.15, 0.2) is 0 Å². The molecule has 37 heavy (non-hydrogen) atoms. The van der Waals surface area contributed by atoms with Crippen LogP contribution in [0.3, 0.4) is 0 Å². The van der Waals surface area contributed by atoms with Crippen LogP contribution >= 0.6 is 0 Å². The highest BCUT2D eigenvalue weighted by molar-refractivity contribution is 5.91. The number of hydrogen-bond acceptors (Lipinski definition) is 5. The van der Waals surface area contributed by atoms with E-state index in [0.717, 1.165) is 59.3 Å². The second-order valence-corrected chi connectivity index (χ2v) is 10.3. The Morgan fingerprint density at radius 2 is 1.86 bits per heavy atom. The van der Waals surface area contributed by atoms with Crippen LogP contribution in [0.15, 0.2) is 73.3 Å². The first kappa shape index (κ1) is 24.8. The summed E-state index contributed by atoms with van der Waals surface area (Å²) in [6.07, 6.45) is 13.3. The average Bonchev–Trinajstić information content (AvgIpc) is 3.35. The molecule has 1 fully saturated rings. The van der Waals surface area contributed by atoms with Gasteiger partial charge >= 0.3 is 0 Å². The summed E-state index contributed by atoms with van der Waals surface area (Å²) in [6, 6.07) is 16.0. The van der Waals surface area contributed by atoms with Crippen molar-refractivity contribution in [1.29, 1.82) is 0 Å². The van der Waals surface area contributed by atoms with Crippen molar-refractivity contribution in [2.45, 2.75) is 56.4 Å². The van der Waals surface area contributed by atoms with Crippen molar-refractivity contribution >= 4 is 22.5 Å². The van der Waals surface area contributed by atoms with Crippen molar-refractivity contribution in [2.24, 2.45) is 0 Å². The topological polar surface area (TPSA) is 91.9 Å². The van der Waals surface area contributed by atoms with Gasteiger partial charge in [0.05, 0.1) is 13.3 Å². The molecule has 7 heteroatoms. The monoisotopic (exact) mass is 497 g/mol. The number of ether oxygens (including phenoxy) is 1. The third-order valence-electron chi connectivity index (χ3n) is 7.73. The van der Waals surface area contributed by atoms with E-state index in [4.69, 9.17) is 9.72 Å². The Bertz CT molecular complexity index is 1330. The zero-order valence-electron chi connectivity index (χ0n) is 21.6. The highest BCUT2D eigenvalue weighted by atomic mass is 16.5. The van der Waals surface area contributed by atoms with Crippen LogP contribution in [0.1, 0.15) is 50.3 Å². The highest BCUT2D eigenvalue weighted by Gasteiger charge is 2.39. The largest absolute Gasteiger partial charge is 0.495 e. The van der Waals surface area contributed by atoms with E-state index < -0.39 is 5.54 Å². The van der Waals surface area contributed by atoms with E-state index in [1.54, 1.807) is 25.7 Å². The van der Waals surface area contributed by atoms with Gasteiger partial charge in [0, 0.05) is 59.3 Å². The van der Waals surface area contributed by atoms with Crippen LogP contribution < -0.4 is 15.4 Å². The molecule has 0 radical (unpaired) electrons. The van der Waals surface area contributed by atoms with Crippen molar-refractivity contribution < 1.29 is 9.53 Å². The zero-order chi connectivity index (χ0) is 25.7. The smallest absolute Gasteiger partial charge is 0.245 e. The van der Waals surface area contributed by atoms with Gasteiger partial charge in [-0.05, 0) is 55.7 Å². The lowest BCUT2D eigenvalue weighted by Crippen LogP contribution is -2.55. The minimum atomic E-state index is -0.879. The van der Waals surface area contributed by atoms with E-state index in [2.05, 4.69) is 38.8 Å². The summed E-state index contributed by atoms with van der Waals surface area (Å²) in [5.41, 5.74) is 2.98. The van der Waals surface area contributed by atoms with Crippen LogP contribution in [-0.4, -0.2) is 40.1 Å². The van der Waals surface area contributed by atoms with Crippen molar-refractivity contribution in [2.75, 3.05) is 19.0 Å². The van der Waals surface area contributed by atoms with E-state index in [9.17, 15) is 4.79 Å². The molecular weight excluding hydrogens is 462 g/mol. The fourth-order valence-corrected chi connectivity index (χ4v) is 5.61.